The quantitative estimate of drug-likeness (QED) is 0.327. The second kappa shape index (κ2) is 8.74. The molecule has 0 atom stereocenters. The molecule has 3 heterocycles. The molecule has 0 aliphatic carbocycles. The van der Waals surface area contributed by atoms with Gasteiger partial charge in [-0.25, -0.2) is 4.98 Å². The summed E-state index contributed by atoms with van der Waals surface area (Å²) in [7, 11) is 0. The molecule has 5 aromatic rings. The maximum atomic E-state index is 12.7. The van der Waals surface area contributed by atoms with Gasteiger partial charge in [-0.05, 0) is 47.5 Å². The zero-order valence-corrected chi connectivity index (χ0v) is 17.2. The van der Waals surface area contributed by atoms with E-state index in [1.54, 1.807) is 12.4 Å². The van der Waals surface area contributed by atoms with Crippen LogP contribution in [0, 0.1) is 0 Å². The maximum absolute atomic E-state index is 12.7. The standard InChI is InChI=1S/C28H19N3O/c32-28(21-8-2-1-3-9-21)22-14-12-20(13-15-22)23-18-26(24-10-4-6-16-29-24)31-27(19-23)25-11-5-7-17-30-25/h1-19H. The Morgan fingerprint density at radius 2 is 1.03 bits per heavy atom. The highest BCUT2D eigenvalue weighted by Gasteiger charge is 2.12. The molecule has 4 nitrogen and oxygen atoms in total. The molecule has 0 aliphatic heterocycles. The number of carbonyl (C=O) groups excluding carboxylic acids is 1. The van der Waals surface area contributed by atoms with E-state index in [9.17, 15) is 4.79 Å². The molecule has 0 amide bonds. The Morgan fingerprint density at radius 1 is 0.500 bits per heavy atom. The lowest BCUT2D eigenvalue weighted by atomic mass is 9.98. The Balaban J connectivity index is 1.56. The van der Waals surface area contributed by atoms with Gasteiger partial charge in [0, 0.05) is 23.5 Å². The average molecular weight is 413 g/mol. The van der Waals surface area contributed by atoms with E-state index in [4.69, 9.17) is 4.98 Å². The van der Waals surface area contributed by atoms with Crippen LogP contribution in [0.4, 0.5) is 0 Å². The smallest absolute Gasteiger partial charge is 0.193 e. The Labute approximate surface area is 186 Å². The summed E-state index contributed by atoms with van der Waals surface area (Å²) < 4.78 is 0. The minimum Gasteiger partial charge on any atom is -0.289 e. The van der Waals surface area contributed by atoms with Crippen molar-refractivity contribution in [1.82, 2.24) is 15.0 Å². The van der Waals surface area contributed by atoms with Gasteiger partial charge in [-0.2, -0.15) is 0 Å². The number of pyridine rings is 3. The number of hydrogen-bond donors (Lipinski definition) is 0. The minimum atomic E-state index is 0.00947. The van der Waals surface area contributed by atoms with Crippen molar-refractivity contribution in [2.24, 2.45) is 0 Å². The fourth-order valence-corrected chi connectivity index (χ4v) is 3.56. The van der Waals surface area contributed by atoms with E-state index in [0.717, 1.165) is 33.9 Å². The van der Waals surface area contributed by atoms with E-state index in [0.29, 0.717) is 11.1 Å². The number of carbonyl (C=O) groups is 1. The van der Waals surface area contributed by atoms with Gasteiger partial charge in [0.1, 0.15) is 0 Å². The third-order valence-corrected chi connectivity index (χ3v) is 5.20. The summed E-state index contributed by atoms with van der Waals surface area (Å²) >= 11 is 0. The molecule has 0 saturated carbocycles. The van der Waals surface area contributed by atoms with Gasteiger partial charge in [0.2, 0.25) is 0 Å². The molecular weight excluding hydrogens is 394 g/mol. The van der Waals surface area contributed by atoms with Crippen LogP contribution in [0.25, 0.3) is 33.9 Å². The van der Waals surface area contributed by atoms with Crippen LogP contribution in [0.5, 0.6) is 0 Å². The molecule has 152 valence electrons. The van der Waals surface area contributed by atoms with Crippen molar-refractivity contribution < 1.29 is 4.79 Å². The van der Waals surface area contributed by atoms with Crippen molar-refractivity contribution in [2.45, 2.75) is 0 Å². The molecular formula is C28H19N3O. The second-order valence-corrected chi connectivity index (χ2v) is 7.33. The lowest BCUT2D eigenvalue weighted by Crippen LogP contribution is -2.00. The minimum absolute atomic E-state index is 0.00947. The van der Waals surface area contributed by atoms with Gasteiger partial charge in [-0.1, -0.05) is 66.7 Å². The fourth-order valence-electron chi connectivity index (χ4n) is 3.56. The first-order valence-electron chi connectivity index (χ1n) is 10.3. The fraction of sp³-hybridized carbons (Fsp3) is 0. The van der Waals surface area contributed by atoms with Gasteiger partial charge in [-0.15, -0.1) is 0 Å². The van der Waals surface area contributed by atoms with E-state index < -0.39 is 0 Å². The van der Waals surface area contributed by atoms with Gasteiger partial charge in [0.15, 0.2) is 5.78 Å². The topological polar surface area (TPSA) is 55.7 Å². The average Bonchev–Trinajstić information content (AvgIpc) is 2.89. The highest BCUT2D eigenvalue weighted by molar-refractivity contribution is 6.09. The van der Waals surface area contributed by atoms with Crippen LogP contribution in [-0.2, 0) is 0 Å². The second-order valence-electron chi connectivity index (χ2n) is 7.33. The first-order valence-corrected chi connectivity index (χ1v) is 10.3. The van der Waals surface area contributed by atoms with Gasteiger partial charge in [0.25, 0.3) is 0 Å². The first kappa shape index (κ1) is 19.5. The predicted octanol–water partition coefficient (Wildman–Crippen LogP) is 6.10. The Hall–Kier alpha value is -4.44. The number of aromatic nitrogens is 3. The molecule has 0 aliphatic rings. The molecule has 0 N–H and O–H groups in total. The molecule has 0 bridgehead atoms. The van der Waals surface area contributed by atoms with E-state index in [1.165, 1.54) is 0 Å². The summed E-state index contributed by atoms with van der Waals surface area (Å²) in [4.78, 5) is 26.5. The zero-order valence-electron chi connectivity index (χ0n) is 17.2. The molecule has 0 saturated heterocycles. The molecule has 0 fully saturated rings. The number of benzene rings is 2. The van der Waals surface area contributed by atoms with E-state index >= 15 is 0 Å². The van der Waals surface area contributed by atoms with Crippen molar-refractivity contribution in [1.29, 1.82) is 0 Å². The van der Waals surface area contributed by atoms with Crippen molar-refractivity contribution >= 4 is 5.78 Å². The summed E-state index contributed by atoms with van der Waals surface area (Å²) in [5, 5.41) is 0. The number of ketones is 1. The van der Waals surface area contributed by atoms with Crippen LogP contribution < -0.4 is 0 Å². The van der Waals surface area contributed by atoms with Crippen LogP contribution in [0.15, 0.2) is 116 Å². The Kier molecular flexibility index (Phi) is 5.33. The zero-order chi connectivity index (χ0) is 21.8. The van der Waals surface area contributed by atoms with Crippen LogP contribution in [0.2, 0.25) is 0 Å². The van der Waals surface area contributed by atoms with Crippen LogP contribution >= 0.6 is 0 Å². The summed E-state index contributed by atoms with van der Waals surface area (Å²) in [5.74, 6) is 0.00947. The first-order chi connectivity index (χ1) is 15.8. The molecule has 4 heteroatoms. The van der Waals surface area contributed by atoms with Crippen molar-refractivity contribution in [3.63, 3.8) is 0 Å². The van der Waals surface area contributed by atoms with E-state index in [-0.39, 0.29) is 5.78 Å². The lowest BCUT2D eigenvalue weighted by molar-refractivity contribution is 0.103. The number of nitrogens with zero attached hydrogens (tertiary/aromatic N) is 3. The van der Waals surface area contributed by atoms with Crippen LogP contribution in [0.3, 0.4) is 0 Å². The number of hydrogen-bond acceptors (Lipinski definition) is 4. The third-order valence-electron chi connectivity index (χ3n) is 5.20. The van der Waals surface area contributed by atoms with E-state index in [2.05, 4.69) is 9.97 Å². The maximum Gasteiger partial charge on any atom is 0.193 e. The molecule has 5 rings (SSSR count). The van der Waals surface area contributed by atoms with Gasteiger partial charge in [-0.3, -0.25) is 14.8 Å². The Bertz CT molecular complexity index is 1290. The van der Waals surface area contributed by atoms with Crippen molar-refractivity contribution in [3.8, 4) is 33.9 Å². The van der Waals surface area contributed by atoms with Crippen molar-refractivity contribution in [3.05, 3.63) is 127 Å². The van der Waals surface area contributed by atoms with Crippen LogP contribution in [0.1, 0.15) is 15.9 Å². The highest BCUT2D eigenvalue weighted by atomic mass is 16.1. The SMILES string of the molecule is O=C(c1ccccc1)c1ccc(-c2cc(-c3ccccn3)nc(-c3ccccn3)c2)cc1. The lowest BCUT2D eigenvalue weighted by Gasteiger charge is -2.10. The summed E-state index contributed by atoms with van der Waals surface area (Å²) in [6.07, 6.45) is 3.52. The molecule has 3 aromatic heterocycles. The van der Waals surface area contributed by atoms with Gasteiger partial charge >= 0.3 is 0 Å². The summed E-state index contributed by atoms with van der Waals surface area (Å²) in [6, 6.07) is 32.6. The molecule has 0 spiro atoms. The highest BCUT2D eigenvalue weighted by Crippen LogP contribution is 2.29. The summed E-state index contributed by atoms with van der Waals surface area (Å²) in [6.45, 7) is 0. The molecule has 2 aromatic carbocycles. The van der Waals surface area contributed by atoms with Crippen molar-refractivity contribution in [2.75, 3.05) is 0 Å². The van der Waals surface area contributed by atoms with E-state index in [1.807, 2.05) is 103 Å². The van der Waals surface area contributed by atoms with Gasteiger partial charge in [0.05, 0.1) is 22.8 Å². The third kappa shape index (κ3) is 4.07. The molecule has 0 radical (unpaired) electrons. The predicted molar refractivity (Wildman–Crippen MR) is 126 cm³/mol. The Morgan fingerprint density at radius 3 is 1.56 bits per heavy atom. The van der Waals surface area contributed by atoms with Gasteiger partial charge < -0.3 is 0 Å². The number of rotatable bonds is 5. The molecule has 32 heavy (non-hydrogen) atoms. The monoisotopic (exact) mass is 413 g/mol. The normalized spacial score (nSPS) is 10.6. The summed E-state index contributed by atoms with van der Waals surface area (Å²) in [5.41, 5.74) is 6.44. The van der Waals surface area contributed by atoms with Crippen LogP contribution in [-0.4, -0.2) is 20.7 Å². The largest absolute Gasteiger partial charge is 0.289 e. The molecule has 0 unspecified atom stereocenters.